The van der Waals surface area contributed by atoms with Gasteiger partial charge in [0.2, 0.25) is 0 Å². The highest BCUT2D eigenvalue weighted by molar-refractivity contribution is 7.86. The maximum Gasteiger partial charge on any atom is 0.282 e. The van der Waals surface area contributed by atoms with E-state index in [-0.39, 0.29) is 0 Å². The van der Waals surface area contributed by atoms with Crippen LogP contribution in [0.3, 0.4) is 0 Å². The van der Waals surface area contributed by atoms with Gasteiger partial charge in [0.15, 0.2) is 0 Å². The molecule has 0 unspecified atom stereocenters. The van der Waals surface area contributed by atoms with Crippen molar-refractivity contribution >= 4 is 15.9 Å². The van der Waals surface area contributed by atoms with Crippen LogP contribution in [0.5, 0.6) is 0 Å². The fraction of sp³-hybridized carbons (Fsp3) is 0.500. The minimum atomic E-state index is -3.29. The van der Waals surface area contributed by atoms with Crippen LogP contribution in [0.2, 0.25) is 0 Å². The Balaban J connectivity index is 1.85. The molecule has 1 saturated heterocycles. The van der Waals surface area contributed by atoms with E-state index in [1.165, 1.54) is 0 Å². The third-order valence-corrected chi connectivity index (χ3v) is 5.57. The van der Waals surface area contributed by atoms with Crippen molar-refractivity contribution in [2.24, 2.45) is 0 Å². The highest BCUT2D eigenvalue weighted by Crippen LogP contribution is 2.29. The predicted octanol–water partition coefficient (Wildman–Crippen LogP) is 0.925. The van der Waals surface area contributed by atoms with E-state index in [2.05, 4.69) is 0 Å². The number of hydrogen-bond acceptors (Lipinski definition) is 3. The summed E-state index contributed by atoms with van der Waals surface area (Å²) >= 11 is 0. The number of nitrogens with zero attached hydrogens (tertiary/aromatic N) is 2. The van der Waals surface area contributed by atoms with Gasteiger partial charge in [-0.15, -0.1) is 0 Å². The second-order valence-electron chi connectivity index (χ2n) is 4.91. The van der Waals surface area contributed by atoms with Gasteiger partial charge < -0.3 is 5.73 Å². The van der Waals surface area contributed by atoms with E-state index >= 15 is 0 Å². The first-order valence-electron chi connectivity index (χ1n) is 6.20. The summed E-state index contributed by atoms with van der Waals surface area (Å²) in [6.07, 6.45) is 1.93. The molecule has 2 N–H and O–H groups in total. The molecule has 0 aromatic heterocycles. The van der Waals surface area contributed by atoms with Crippen LogP contribution in [-0.4, -0.2) is 30.1 Å². The third-order valence-electron chi connectivity index (χ3n) is 3.64. The summed E-state index contributed by atoms with van der Waals surface area (Å²) in [6.45, 7) is 2.21. The summed E-state index contributed by atoms with van der Waals surface area (Å²) in [6, 6.07) is 5.61. The summed E-state index contributed by atoms with van der Waals surface area (Å²) < 4.78 is 27.9. The van der Waals surface area contributed by atoms with Crippen molar-refractivity contribution in [2.45, 2.75) is 25.9 Å². The molecule has 1 aromatic carbocycles. The lowest BCUT2D eigenvalue weighted by atomic mass is 10.1. The smallest absolute Gasteiger partial charge is 0.282 e. The molecule has 6 heteroatoms. The van der Waals surface area contributed by atoms with Crippen molar-refractivity contribution in [2.75, 3.05) is 18.8 Å². The van der Waals surface area contributed by atoms with Crippen LogP contribution >= 0.6 is 0 Å². The highest BCUT2D eigenvalue weighted by atomic mass is 32.2. The molecule has 2 aliphatic heterocycles. The molecule has 5 nitrogen and oxygen atoms in total. The van der Waals surface area contributed by atoms with Crippen LogP contribution < -0.4 is 5.73 Å². The molecule has 0 spiro atoms. The first-order chi connectivity index (χ1) is 8.57. The highest BCUT2D eigenvalue weighted by Gasteiger charge is 2.35. The minimum absolute atomic E-state index is 0.444. The number of anilines is 1. The summed E-state index contributed by atoms with van der Waals surface area (Å²) in [4.78, 5) is 0. The van der Waals surface area contributed by atoms with Gasteiger partial charge in [0.05, 0.1) is 0 Å². The normalized spacial score (nSPS) is 21.3. The maximum atomic E-state index is 12.4. The first kappa shape index (κ1) is 12.0. The quantitative estimate of drug-likeness (QED) is 0.810. The second kappa shape index (κ2) is 4.22. The number of nitrogen functional groups attached to an aromatic ring is 1. The molecule has 18 heavy (non-hydrogen) atoms. The van der Waals surface area contributed by atoms with Gasteiger partial charge in [-0.1, -0.05) is 6.07 Å². The van der Waals surface area contributed by atoms with Gasteiger partial charge in [0.25, 0.3) is 10.2 Å². The molecule has 0 radical (unpaired) electrons. The molecule has 1 fully saturated rings. The van der Waals surface area contributed by atoms with E-state index in [0.29, 0.717) is 31.9 Å². The lowest BCUT2D eigenvalue weighted by Crippen LogP contribution is -2.39. The van der Waals surface area contributed by atoms with Crippen molar-refractivity contribution in [3.63, 3.8) is 0 Å². The number of hydrogen-bond donors (Lipinski definition) is 1. The lowest BCUT2D eigenvalue weighted by molar-refractivity contribution is 0.369. The first-order valence-corrected chi connectivity index (χ1v) is 7.59. The zero-order valence-electron chi connectivity index (χ0n) is 10.2. The molecule has 3 rings (SSSR count). The van der Waals surface area contributed by atoms with Crippen LogP contribution in [0, 0.1) is 0 Å². The Morgan fingerprint density at radius 2 is 1.67 bits per heavy atom. The van der Waals surface area contributed by atoms with Gasteiger partial charge in [-0.05, 0) is 36.1 Å². The van der Waals surface area contributed by atoms with Crippen LogP contribution in [0.15, 0.2) is 18.2 Å². The van der Waals surface area contributed by atoms with Crippen LogP contribution in [0.4, 0.5) is 5.69 Å². The number of fused-ring (bicyclic) bond motifs is 1. The molecule has 0 aliphatic carbocycles. The predicted molar refractivity (Wildman–Crippen MR) is 69.8 cm³/mol. The summed E-state index contributed by atoms with van der Waals surface area (Å²) in [5.74, 6) is 0. The minimum Gasteiger partial charge on any atom is -0.399 e. The number of rotatable bonds is 2. The standard InChI is InChI=1S/C12H17N3O2S/c13-12-4-3-10-8-15(9-11(10)7-12)18(16,17)14-5-1-2-6-14/h3-4,7H,1-2,5-6,8-9,13H2. The molecular formula is C12H17N3O2S. The third kappa shape index (κ3) is 1.90. The van der Waals surface area contributed by atoms with Gasteiger partial charge in [-0.25, -0.2) is 0 Å². The van der Waals surface area contributed by atoms with Crippen molar-refractivity contribution in [3.05, 3.63) is 29.3 Å². The average molecular weight is 267 g/mol. The lowest BCUT2D eigenvalue weighted by Gasteiger charge is -2.22. The van der Waals surface area contributed by atoms with Gasteiger partial charge in [-0.3, -0.25) is 0 Å². The van der Waals surface area contributed by atoms with Crippen molar-refractivity contribution in [1.29, 1.82) is 0 Å². The summed E-state index contributed by atoms with van der Waals surface area (Å²) in [7, 11) is -3.29. The zero-order valence-corrected chi connectivity index (χ0v) is 11.0. The molecule has 98 valence electrons. The summed E-state index contributed by atoms with van der Waals surface area (Å²) in [5, 5.41) is 0. The van der Waals surface area contributed by atoms with E-state index in [0.717, 1.165) is 24.0 Å². The molecule has 0 saturated carbocycles. The van der Waals surface area contributed by atoms with Gasteiger partial charge >= 0.3 is 0 Å². The topological polar surface area (TPSA) is 66.6 Å². The van der Waals surface area contributed by atoms with E-state index in [1.807, 2.05) is 18.2 Å². The van der Waals surface area contributed by atoms with Crippen LogP contribution in [0.1, 0.15) is 24.0 Å². The summed E-state index contributed by atoms with van der Waals surface area (Å²) in [5.41, 5.74) is 8.51. The van der Waals surface area contributed by atoms with Crippen molar-refractivity contribution in [3.8, 4) is 0 Å². The molecule has 1 aromatic rings. The molecule has 0 amide bonds. The molecule has 2 aliphatic rings. The van der Waals surface area contributed by atoms with Crippen LogP contribution in [0.25, 0.3) is 0 Å². The Bertz CT molecular complexity index is 565. The van der Waals surface area contributed by atoms with Crippen LogP contribution in [-0.2, 0) is 23.3 Å². The van der Waals surface area contributed by atoms with Gasteiger partial charge in [-0.2, -0.15) is 17.0 Å². The number of nitrogens with two attached hydrogens (primary N) is 1. The Morgan fingerprint density at radius 3 is 2.39 bits per heavy atom. The number of benzene rings is 1. The fourth-order valence-electron chi connectivity index (χ4n) is 2.63. The zero-order chi connectivity index (χ0) is 12.8. The largest absolute Gasteiger partial charge is 0.399 e. The van der Waals surface area contributed by atoms with E-state index in [9.17, 15) is 8.42 Å². The van der Waals surface area contributed by atoms with Gasteiger partial charge in [0.1, 0.15) is 0 Å². The maximum absolute atomic E-state index is 12.4. The SMILES string of the molecule is Nc1ccc2c(c1)CN(S(=O)(=O)N1CCCC1)C2. The van der Waals surface area contributed by atoms with Crippen molar-refractivity contribution in [1.82, 2.24) is 8.61 Å². The Morgan fingerprint density at radius 1 is 1.00 bits per heavy atom. The molecule has 0 bridgehead atoms. The molecule has 2 heterocycles. The second-order valence-corrected chi connectivity index (χ2v) is 6.84. The fourth-order valence-corrected chi connectivity index (χ4v) is 4.28. The van der Waals surface area contributed by atoms with E-state index < -0.39 is 10.2 Å². The molecule has 0 atom stereocenters. The van der Waals surface area contributed by atoms with Gasteiger partial charge in [0, 0.05) is 31.9 Å². The Kier molecular flexibility index (Phi) is 2.80. The Hall–Kier alpha value is -1.11. The van der Waals surface area contributed by atoms with E-state index in [4.69, 9.17) is 5.73 Å². The monoisotopic (exact) mass is 267 g/mol. The Labute approximate surface area is 107 Å². The average Bonchev–Trinajstić information content (AvgIpc) is 2.97. The van der Waals surface area contributed by atoms with Crippen molar-refractivity contribution < 1.29 is 8.42 Å². The van der Waals surface area contributed by atoms with E-state index in [1.54, 1.807) is 8.61 Å². The molecular weight excluding hydrogens is 250 g/mol.